The van der Waals surface area contributed by atoms with Crippen LogP contribution in [0.1, 0.15) is 48.3 Å². The Morgan fingerprint density at radius 3 is 2.79 bits per heavy atom. The average molecular weight is 346 g/mol. The van der Waals surface area contributed by atoms with Crippen LogP contribution in [0.4, 0.5) is 0 Å². The molecule has 7 heteroatoms. The molecule has 0 aromatic carbocycles. The molecule has 1 amide bonds. The molecule has 1 fully saturated rings. The van der Waals surface area contributed by atoms with Gasteiger partial charge in [-0.25, -0.2) is 15.0 Å². The Morgan fingerprint density at radius 1 is 1.38 bits per heavy atom. The van der Waals surface area contributed by atoms with E-state index in [1.54, 1.807) is 23.7 Å². The maximum absolute atomic E-state index is 12.0. The minimum Gasteiger partial charge on any atom is -0.367 e. The van der Waals surface area contributed by atoms with Crippen LogP contribution in [0.25, 0.3) is 0 Å². The Hall–Kier alpha value is -1.86. The van der Waals surface area contributed by atoms with Gasteiger partial charge in [-0.1, -0.05) is 0 Å². The van der Waals surface area contributed by atoms with Crippen molar-refractivity contribution in [3.8, 4) is 0 Å². The fourth-order valence-electron chi connectivity index (χ4n) is 2.75. The topological polar surface area (TPSA) is 77.0 Å². The van der Waals surface area contributed by atoms with Crippen molar-refractivity contribution in [1.82, 2.24) is 20.3 Å². The van der Waals surface area contributed by atoms with E-state index in [0.29, 0.717) is 13.0 Å². The summed E-state index contributed by atoms with van der Waals surface area (Å²) in [5.74, 6) is 0.669. The van der Waals surface area contributed by atoms with E-state index in [4.69, 9.17) is 4.74 Å². The minimum absolute atomic E-state index is 0.0491. The van der Waals surface area contributed by atoms with Gasteiger partial charge in [-0.05, 0) is 33.1 Å². The molecule has 0 bridgehead atoms. The van der Waals surface area contributed by atoms with E-state index < -0.39 is 0 Å². The fourth-order valence-corrected chi connectivity index (χ4v) is 3.36. The van der Waals surface area contributed by atoms with Gasteiger partial charge in [0.25, 0.3) is 0 Å². The smallest absolute Gasteiger partial charge is 0.226 e. The first-order valence-electron chi connectivity index (χ1n) is 8.18. The normalized spacial score (nSPS) is 20.8. The van der Waals surface area contributed by atoms with Gasteiger partial charge in [0.2, 0.25) is 5.91 Å². The number of carbonyl (C=O) groups excluding carboxylic acids is 1. The van der Waals surface area contributed by atoms with Gasteiger partial charge in [-0.3, -0.25) is 4.79 Å². The molecular weight excluding hydrogens is 324 g/mol. The van der Waals surface area contributed by atoms with Crippen molar-refractivity contribution in [3.63, 3.8) is 0 Å². The third-order valence-corrected chi connectivity index (χ3v) is 4.97. The highest BCUT2D eigenvalue weighted by molar-refractivity contribution is 7.09. The number of nitrogens with zero attached hydrogens (tertiary/aromatic N) is 3. The van der Waals surface area contributed by atoms with Crippen molar-refractivity contribution in [2.24, 2.45) is 0 Å². The number of carbonyl (C=O) groups is 1. The third kappa shape index (κ3) is 4.15. The van der Waals surface area contributed by atoms with E-state index in [1.807, 2.05) is 19.2 Å². The van der Waals surface area contributed by atoms with E-state index in [1.165, 1.54) is 0 Å². The van der Waals surface area contributed by atoms with E-state index in [9.17, 15) is 4.79 Å². The summed E-state index contributed by atoms with van der Waals surface area (Å²) in [5, 5.41) is 5.77. The number of rotatable bonds is 5. The van der Waals surface area contributed by atoms with Crippen LogP contribution in [0.2, 0.25) is 0 Å². The first kappa shape index (κ1) is 17.0. The van der Waals surface area contributed by atoms with Crippen molar-refractivity contribution < 1.29 is 9.53 Å². The predicted octanol–water partition coefficient (Wildman–Crippen LogP) is 2.52. The average Bonchev–Trinajstić information content (AvgIpc) is 2.99. The molecule has 128 valence electrons. The van der Waals surface area contributed by atoms with Crippen LogP contribution in [-0.2, 0) is 28.1 Å². The second-order valence-electron chi connectivity index (χ2n) is 6.26. The summed E-state index contributed by atoms with van der Waals surface area (Å²) < 4.78 is 5.86. The maximum atomic E-state index is 12.0. The summed E-state index contributed by atoms with van der Waals surface area (Å²) in [6, 6.07) is 0. The van der Waals surface area contributed by atoms with Crippen LogP contribution in [-0.4, -0.2) is 27.5 Å². The number of ether oxygens (including phenoxy) is 1. The molecule has 24 heavy (non-hydrogen) atoms. The molecule has 3 heterocycles. The number of amides is 1. The lowest BCUT2D eigenvalue weighted by Gasteiger charge is -2.32. The van der Waals surface area contributed by atoms with Crippen molar-refractivity contribution >= 4 is 17.2 Å². The zero-order valence-corrected chi connectivity index (χ0v) is 14.9. The molecule has 0 radical (unpaired) electrons. The summed E-state index contributed by atoms with van der Waals surface area (Å²) in [4.78, 5) is 25.1. The Labute approximate surface area is 145 Å². The van der Waals surface area contributed by atoms with Crippen molar-refractivity contribution in [2.45, 2.75) is 51.7 Å². The van der Waals surface area contributed by atoms with Gasteiger partial charge in [0, 0.05) is 36.5 Å². The molecule has 1 saturated heterocycles. The molecule has 0 spiro atoms. The van der Waals surface area contributed by atoms with Gasteiger partial charge < -0.3 is 10.1 Å². The third-order valence-electron chi connectivity index (χ3n) is 4.15. The Balaban J connectivity index is 1.53. The van der Waals surface area contributed by atoms with Crippen LogP contribution in [0.15, 0.2) is 17.8 Å². The van der Waals surface area contributed by atoms with Crippen LogP contribution in [0, 0.1) is 6.92 Å². The fraction of sp³-hybridized carbons (Fsp3) is 0.529. The highest BCUT2D eigenvalue weighted by Crippen LogP contribution is 2.32. The second-order valence-corrected chi connectivity index (χ2v) is 7.32. The van der Waals surface area contributed by atoms with E-state index in [0.717, 1.165) is 48.0 Å². The Bertz CT molecular complexity index is 693. The molecule has 0 saturated carbocycles. The quantitative estimate of drug-likeness (QED) is 0.900. The van der Waals surface area contributed by atoms with Crippen LogP contribution < -0.4 is 5.32 Å². The molecule has 2 aromatic heterocycles. The number of nitrogens with one attached hydrogen (secondary N) is 1. The zero-order chi connectivity index (χ0) is 17.0. The molecule has 0 unspecified atom stereocenters. The van der Waals surface area contributed by atoms with E-state index >= 15 is 0 Å². The Kier molecular flexibility index (Phi) is 5.20. The molecule has 1 aliphatic rings. The number of hydrogen-bond acceptors (Lipinski definition) is 6. The largest absolute Gasteiger partial charge is 0.367 e. The molecule has 3 rings (SSSR count). The highest BCUT2D eigenvalue weighted by Gasteiger charge is 2.32. The molecule has 1 atom stereocenters. The predicted molar refractivity (Wildman–Crippen MR) is 91.6 cm³/mol. The van der Waals surface area contributed by atoms with Gasteiger partial charge in [0.05, 0.1) is 17.1 Å². The van der Waals surface area contributed by atoms with Gasteiger partial charge in [-0.2, -0.15) is 0 Å². The van der Waals surface area contributed by atoms with Crippen LogP contribution >= 0.6 is 11.3 Å². The number of aryl methyl sites for hydroxylation is 1. The Morgan fingerprint density at radius 2 is 2.17 bits per heavy atom. The van der Waals surface area contributed by atoms with Gasteiger partial charge in [0.15, 0.2) is 5.82 Å². The molecule has 0 aliphatic carbocycles. The van der Waals surface area contributed by atoms with Crippen LogP contribution in [0.3, 0.4) is 0 Å². The maximum Gasteiger partial charge on any atom is 0.226 e. The number of hydrogen-bond donors (Lipinski definition) is 1. The van der Waals surface area contributed by atoms with E-state index in [2.05, 4.69) is 20.3 Å². The lowest BCUT2D eigenvalue weighted by Crippen LogP contribution is -2.32. The molecule has 1 aliphatic heterocycles. The van der Waals surface area contributed by atoms with Gasteiger partial charge in [0.1, 0.15) is 5.60 Å². The number of thiazole rings is 1. The van der Waals surface area contributed by atoms with E-state index in [-0.39, 0.29) is 11.5 Å². The summed E-state index contributed by atoms with van der Waals surface area (Å²) in [6.45, 7) is 5.15. The van der Waals surface area contributed by atoms with Crippen molar-refractivity contribution in [1.29, 1.82) is 0 Å². The van der Waals surface area contributed by atoms with Gasteiger partial charge >= 0.3 is 0 Å². The summed E-state index contributed by atoms with van der Waals surface area (Å²) in [7, 11) is 0. The summed E-state index contributed by atoms with van der Waals surface area (Å²) >= 11 is 1.55. The molecule has 1 N–H and O–H groups in total. The first-order chi connectivity index (χ1) is 11.5. The monoisotopic (exact) mass is 346 g/mol. The first-order valence-corrected chi connectivity index (χ1v) is 9.06. The SMILES string of the molecule is Cc1nc(CC(=O)NCc2cnc([C@]3(C)CCCCO3)nc2)cs1. The second kappa shape index (κ2) is 7.36. The summed E-state index contributed by atoms with van der Waals surface area (Å²) in [5.41, 5.74) is 1.30. The van der Waals surface area contributed by atoms with Crippen molar-refractivity contribution in [2.75, 3.05) is 6.61 Å². The lowest BCUT2D eigenvalue weighted by atomic mass is 9.95. The zero-order valence-electron chi connectivity index (χ0n) is 14.0. The molecule has 6 nitrogen and oxygen atoms in total. The molecular formula is C17H22N4O2S. The van der Waals surface area contributed by atoms with Gasteiger partial charge in [-0.15, -0.1) is 11.3 Å². The standard InChI is InChI=1S/C17H22N4O2S/c1-12-21-14(11-24-12)7-15(22)18-8-13-9-19-16(20-10-13)17(2)5-3-4-6-23-17/h9-11H,3-8H2,1-2H3,(H,18,22)/t17-/m0/s1. The highest BCUT2D eigenvalue weighted by atomic mass is 32.1. The minimum atomic E-state index is -0.386. The molecule has 2 aromatic rings. The lowest BCUT2D eigenvalue weighted by molar-refractivity contribution is -0.120. The summed E-state index contributed by atoms with van der Waals surface area (Å²) in [6.07, 6.45) is 6.99. The van der Waals surface area contributed by atoms with Crippen molar-refractivity contribution in [3.05, 3.63) is 39.9 Å². The number of aromatic nitrogens is 3. The van der Waals surface area contributed by atoms with Crippen LogP contribution in [0.5, 0.6) is 0 Å².